The Balaban J connectivity index is 3.95. The van der Waals surface area contributed by atoms with E-state index in [0.29, 0.717) is 6.54 Å². The van der Waals surface area contributed by atoms with Crippen LogP contribution in [-0.4, -0.2) is 62.5 Å². The Hall–Kier alpha value is -0.610. The van der Waals surface area contributed by atoms with Gasteiger partial charge in [-0.1, -0.05) is 13.8 Å². The molecular formula is C13H29N3O. The van der Waals surface area contributed by atoms with Crippen molar-refractivity contribution in [2.45, 2.75) is 33.7 Å². The van der Waals surface area contributed by atoms with Crippen molar-refractivity contribution in [3.63, 3.8) is 0 Å². The van der Waals surface area contributed by atoms with Crippen molar-refractivity contribution < 1.29 is 4.79 Å². The molecular weight excluding hydrogens is 214 g/mol. The highest BCUT2D eigenvalue weighted by Gasteiger charge is 2.19. The van der Waals surface area contributed by atoms with E-state index < -0.39 is 0 Å². The summed E-state index contributed by atoms with van der Waals surface area (Å²) in [5, 5.41) is 3.25. The summed E-state index contributed by atoms with van der Waals surface area (Å²) in [5.41, 5.74) is 0.181. The van der Waals surface area contributed by atoms with Gasteiger partial charge in [0.05, 0.1) is 6.54 Å². The molecule has 0 heterocycles. The summed E-state index contributed by atoms with van der Waals surface area (Å²) in [5.74, 6) is 0.153. The molecule has 0 aliphatic rings. The first kappa shape index (κ1) is 16.4. The minimum Gasteiger partial charge on any atom is -0.342 e. The first-order valence-corrected chi connectivity index (χ1v) is 6.27. The summed E-state index contributed by atoms with van der Waals surface area (Å²) in [4.78, 5) is 15.7. The van der Waals surface area contributed by atoms with Crippen LogP contribution in [0.3, 0.4) is 0 Å². The maximum atomic E-state index is 11.7. The highest BCUT2D eigenvalue weighted by atomic mass is 16.2. The summed E-state index contributed by atoms with van der Waals surface area (Å²) >= 11 is 0. The fourth-order valence-corrected chi connectivity index (χ4v) is 1.83. The Morgan fingerprint density at radius 1 is 1.24 bits per heavy atom. The second kappa shape index (κ2) is 6.97. The average Bonchev–Trinajstić information content (AvgIpc) is 2.13. The molecule has 1 amide bonds. The number of carbonyl (C=O) groups excluding carboxylic acids is 1. The fraction of sp³-hybridized carbons (Fsp3) is 0.923. The molecule has 17 heavy (non-hydrogen) atoms. The van der Waals surface area contributed by atoms with Crippen LogP contribution in [0, 0.1) is 5.41 Å². The molecule has 0 aromatic heterocycles. The Bertz CT molecular complexity index is 237. The first-order chi connectivity index (χ1) is 7.65. The van der Waals surface area contributed by atoms with E-state index in [2.05, 4.69) is 38.2 Å². The van der Waals surface area contributed by atoms with Gasteiger partial charge in [-0.15, -0.1) is 0 Å². The van der Waals surface area contributed by atoms with Gasteiger partial charge in [-0.25, -0.2) is 0 Å². The number of likely N-dealkylation sites (N-methyl/N-ethyl adjacent to an activating group) is 1. The number of amides is 1. The first-order valence-electron chi connectivity index (χ1n) is 6.27. The molecule has 1 N–H and O–H groups in total. The smallest absolute Gasteiger partial charge is 0.236 e. The Morgan fingerprint density at radius 3 is 2.18 bits per heavy atom. The largest absolute Gasteiger partial charge is 0.342 e. The van der Waals surface area contributed by atoms with Crippen molar-refractivity contribution in [2.24, 2.45) is 5.41 Å². The molecule has 4 heteroatoms. The Morgan fingerprint density at radius 2 is 1.76 bits per heavy atom. The zero-order valence-electron chi connectivity index (χ0n) is 12.5. The van der Waals surface area contributed by atoms with E-state index in [1.807, 2.05) is 20.9 Å². The number of nitrogens with one attached hydrogen (secondary N) is 1. The van der Waals surface area contributed by atoms with E-state index in [-0.39, 0.29) is 17.4 Å². The maximum absolute atomic E-state index is 11.7. The van der Waals surface area contributed by atoms with Gasteiger partial charge in [-0.3, -0.25) is 4.79 Å². The third-order valence-corrected chi connectivity index (χ3v) is 2.79. The summed E-state index contributed by atoms with van der Waals surface area (Å²) in [6.07, 6.45) is 0. The minimum atomic E-state index is 0.153. The van der Waals surface area contributed by atoms with Gasteiger partial charge in [0.15, 0.2) is 0 Å². The van der Waals surface area contributed by atoms with Gasteiger partial charge in [0.1, 0.15) is 0 Å². The third-order valence-electron chi connectivity index (χ3n) is 2.79. The van der Waals surface area contributed by atoms with Crippen LogP contribution in [0.15, 0.2) is 0 Å². The molecule has 0 fully saturated rings. The van der Waals surface area contributed by atoms with E-state index >= 15 is 0 Å². The van der Waals surface area contributed by atoms with E-state index in [0.717, 1.165) is 13.1 Å². The number of hydrogen-bond donors (Lipinski definition) is 1. The molecule has 0 saturated heterocycles. The standard InChI is InChI=1S/C13H29N3O/c1-11(2)16(7)12(17)8-14-9-13(3,4)10-15(5)6/h11,14H,8-10H2,1-7H3. The molecule has 0 radical (unpaired) electrons. The summed E-state index contributed by atoms with van der Waals surface area (Å²) in [6, 6.07) is 0.263. The summed E-state index contributed by atoms with van der Waals surface area (Å²) in [6.45, 7) is 10.7. The molecule has 0 aromatic carbocycles. The second-order valence-corrected chi connectivity index (χ2v) is 6.10. The van der Waals surface area contributed by atoms with Crippen LogP contribution in [0.1, 0.15) is 27.7 Å². The molecule has 0 aromatic rings. The third kappa shape index (κ3) is 7.34. The molecule has 0 spiro atoms. The SMILES string of the molecule is CC(C)N(C)C(=O)CNCC(C)(C)CN(C)C. The van der Waals surface area contributed by atoms with Crippen LogP contribution in [0.25, 0.3) is 0 Å². The van der Waals surface area contributed by atoms with Crippen LogP contribution in [0.5, 0.6) is 0 Å². The highest BCUT2D eigenvalue weighted by Crippen LogP contribution is 2.13. The molecule has 0 aliphatic carbocycles. The van der Waals surface area contributed by atoms with E-state index in [9.17, 15) is 4.79 Å². The highest BCUT2D eigenvalue weighted by molar-refractivity contribution is 5.78. The number of carbonyl (C=O) groups is 1. The van der Waals surface area contributed by atoms with Crippen LogP contribution in [-0.2, 0) is 4.79 Å². The zero-order valence-corrected chi connectivity index (χ0v) is 12.5. The van der Waals surface area contributed by atoms with Gasteiger partial charge in [0.2, 0.25) is 5.91 Å². The van der Waals surface area contributed by atoms with Crippen molar-refractivity contribution in [1.82, 2.24) is 15.1 Å². The lowest BCUT2D eigenvalue weighted by molar-refractivity contribution is -0.130. The van der Waals surface area contributed by atoms with Crippen LogP contribution in [0.4, 0.5) is 0 Å². The van der Waals surface area contributed by atoms with E-state index in [1.54, 1.807) is 4.90 Å². The molecule has 0 atom stereocenters. The Kier molecular flexibility index (Phi) is 6.72. The summed E-state index contributed by atoms with van der Waals surface area (Å²) < 4.78 is 0. The predicted molar refractivity (Wildman–Crippen MR) is 73.1 cm³/mol. The lowest BCUT2D eigenvalue weighted by Crippen LogP contribution is -2.43. The number of rotatable bonds is 7. The molecule has 0 saturated carbocycles. The van der Waals surface area contributed by atoms with Crippen molar-refractivity contribution in [3.8, 4) is 0 Å². The van der Waals surface area contributed by atoms with Gasteiger partial charge in [-0.05, 0) is 33.4 Å². The Labute approximate surface area is 106 Å². The lowest BCUT2D eigenvalue weighted by atomic mass is 9.93. The zero-order chi connectivity index (χ0) is 13.6. The van der Waals surface area contributed by atoms with E-state index in [4.69, 9.17) is 0 Å². The average molecular weight is 243 g/mol. The molecule has 0 aliphatic heterocycles. The monoisotopic (exact) mass is 243 g/mol. The van der Waals surface area contributed by atoms with E-state index in [1.165, 1.54) is 0 Å². The van der Waals surface area contributed by atoms with Crippen molar-refractivity contribution in [1.29, 1.82) is 0 Å². The van der Waals surface area contributed by atoms with Gasteiger partial charge in [-0.2, -0.15) is 0 Å². The maximum Gasteiger partial charge on any atom is 0.236 e. The molecule has 0 unspecified atom stereocenters. The molecule has 0 bridgehead atoms. The van der Waals surface area contributed by atoms with Crippen molar-refractivity contribution >= 4 is 5.91 Å². The van der Waals surface area contributed by atoms with Crippen molar-refractivity contribution in [2.75, 3.05) is 40.8 Å². The fourth-order valence-electron chi connectivity index (χ4n) is 1.83. The summed E-state index contributed by atoms with van der Waals surface area (Å²) in [7, 11) is 5.98. The second-order valence-electron chi connectivity index (χ2n) is 6.10. The number of hydrogen-bond acceptors (Lipinski definition) is 3. The molecule has 102 valence electrons. The van der Waals surface area contributed by atoms with Crippen LogP contribution >= 0.6 is 0 Å². The normalized spacial score (nSPS) is 12.3. The predicted octanol–water partition coefficient (Wildman–Crippen LogP) is 1.03. The van der Waals surface area contributed by atoms with Crippen LogP contribution in [0.2, 0.25) is 0 Å². The minimum absolute atomic E-state index is 0.153. The van der Waals surface area contributed by atoms with Crippen molar-refractivity contribution in [3.05, 3.63) is 0 Å². The van der Waals surface area contributed by atoms with Gasteiger partial charge in [0, 0.05) is 26.2 Å². The quantitative estimate of drug-likeness (QED) is 0.725. The molecule has 4 nitrogen and oxygen atoms in total. The van der Waals surface area contributed by atoms with Crippen LogP contribution < -0.4 is 5.32 Å². The van der Waals surface area contributed by atoms with Gasteiger partial charge < -0.3 is 15.1 Å². The topological polar surface area (TPSA) is 35.6 Å². The lowest BCUT2D eigenvalue weighted by Gasteiger charge is -2.29. The number of nitrogens with zero attached hydrogens (tertiary/aromatic N) is 2. The van der Waals surface area contributed by atoms with Gasteiger partial charge in [0.25, 0.3) is 0 Å². The van der Waals surface area contributed by atoms with Gasteiger partial charge >= 0.3 is 0 Å². The molecule has 0 rings (SSSR count).